The molecule has 0 spiro atoms. The van der Waals surface area contributed by atoms with Crippen LogP contribution in [0.1, 0.15) is 31.1 Å². The quantitative estimate of drug-likeness (QED) is 0.764. The van der Waals surface area contributed by atoms with E-state index < -0.39 is 0 Å². The summed E-state index contributed by atoms with van der Waals surface area (Å²) in [6.45, 7) is 5.38. The van der Waals surface area contributed by atoms with Crippen molar-refractivity contribution < 1.29 is 9.53 Å². The Kier molecular flexibility index (Phi) is 4.00. The Labute approximate surface area is 114 Å². The van der Waals surface area contributed by atoms with Gasteiger partial charge in [0.25, 0.3) is 0 Å². The van der Waals surface area contributed by atoms with Gasteiger partial charge >= 0.3 is 5.97 Å². The van der Waals surface area contributed by atoms with Crippen molar-refractivity contribution in [3.05, 3.63) is 59.7 Å². The minimum Gasteiger partial charge on any atom is -0.458 e. The predicted octanol–water partition coefficient (Wildman–Crippen LogP) is 4.29. The summed E-state index contributed by atoms with van der Waals surface area (Å²) in [7, 11) is 0. The first kappa shape index (κ1) is 13.3. The number of hydrogen-bond donors (Lipinski definition) is 0. The lowest BCUT2D eigenvalue weighted by Gasteiger charge is -2.12. The summed E-state index contributed by atoms with van der Waals surface area (Å²) in [6, 6.07) is 16.5. The lowest BCUT2D eigenvalue weighted by molar-refractivity contribution is -0.145. The van der Waals surface area contributed by atoms with Crippen molar-refractivity contribution in [2.45, 2.75) is 26.9 Å². The molecular weight excluding hydrogens is 236 g/mol. The first-order chi connectivity index (χ1) is 9.06. The number of carbonyl (C=O) groups excluding carboxylic acids is 1. The molecule has 0 bridgehead atoms. The van der Waals surface area contributed by atoms with Gasteiger partial charge in [0.2, 0.25) is 0 Å². The van der Waals surface area contributed by atoms with Crippen molar-refractivity contribution in [3.63, 3.8) is 0 Å². The Bertz CT molecular complexity index is 553. The van der Waals surface area contributed by atoms with E-state index in [-0.39, 0.29) is 12.1 Å². The van der Waals surface area contributed by atoms with Gasteiger partial charge in [0.05, 0.1) is 0 Å². The third-order valence-corrected chi connectivity index (χ3v) is 3.11. The molecule has 0 aliphatic heterocycles. The number of ether oxygens (including phenoxy) is 1. The fraction of sp³-hybridized carbons (Fsp3) is 0.235. The van der Waals surface area contributed by atoms with E-state index in [1.54, 1.807) is 0 Å². The Hall–Kier alpha value is -2.09. The molecule has 98 valence electrons. The molecule has 2 rings (SSSR count). The third-order valence-electron chi connectivity index (χ3n) is 3.11. The zero-order chi connectivity index (χ0) is 13.8. The van der Waals surface area contributed by atoms with E-state index in [2.05, 4.69) is 43.3 Å². The number of rotatable bonds is 3. The monoisotopic (exact) mass is 254 g/mol. The second-order valence-electron chi connectivity index (χ2n) is 4.74. The number of aryl methyl sites for hydroxylation is 1. The van der Waals surface area contributed by atoms with Crippen LogP contribution in [0.15, 0.2) is 48.5 Å². The van der Waals surface area contributed by atoms with Crippen LogP contribution in [0.25, 0.3) is 11.1 Å². The SMILES string of the molecule is CC(=O)OC(C)c1ccc(-c2ccc(C)cc2)cc1. The van der Waals surface area contributed by atoms with Crippen LogP contribution in [0.3, 0.4) is 0 Å². The van der Waals surface area contributed by atoms with Crippen LogP contribution in [-0.2, 0) is 9.53 Å². The highest BCUT2D eigenvalue weighted by molar-refractivity contribution is 5.67. The standard InChI is InChI=1S/C17H18O2/c1-12-4-6-16(7-5-12)17-10-8-15(9-11-17)13(2)19-14(3)18/h4-11,13H,1-3H3. The van der Waals surface area contributed by atoms with E-state index in [9.17, 15) is 4.79 Å². The molecule has 0 aromatic heterocycles. The van der Waals surface area contributed by atoms with Crippen LogP contribution in [0.2, 0.25) is 0 Å². The second-order valence-corrected chi connectivity index (χ2v) is 4.74. The molecule has 0 saturated carbocycles. The molecule has 2 heteroatoms. The molecule has 1 atom stereocenters. The highest BCUT2D eigenvalue weighted by Crippen LogP contribution is 2.23. The van der Waals surface area contributed by atoms with E-state index in [0.717, 1.165) is 5.56 Å². The summed E-state index contributed by atoms with van der Waals surface area (Å²) in [5.74, 6) is -0.255. The molecule has 0 heterocycles. The summed E-state index contributed by atoms with van der Waals surface area (Å²) in [5.41, 5.74) is 4.62. The third kappa shape index (κ3) is 3.44. The maximum atomic E-state index is 10.9. The van der Waals surface area contributed by atoms with Crippen molar-refractivity contribution in [1.29, 1.82) is 0 Å². The Morgan fingerprint density at radius 3 is 1.89 bits per heavy atom. The second kappa shape index (κ2) is 5.70. The topological polar surface area (TPSA) is 26.3 Å². The Morgan fingerprint density at radius 2 is 1.42 bits per heavy atom. The predicted molar refractivity (Wildman–Crippen MR) is 76.8 cm³/mol. The molecule has 0 saturated heterocycles. The normalized spacial score (nSPS) is 11.9. The van der Waals surface area contributed by atoms with Crippen molar-refractivity contribution in [2.24, 2.45) is 0 Å². The van der Waals surface area contributed by atoms with Gasteiger partial charge in [-0.3, -0.25) is 4.79 Å². The molecule has 19 heavy (non-hydrogen) atoms. The summed E-state index contributed by atoms with van der Waals surface area (Å²) >= 11 is 0. The van der Waals surface area contributed by atoms with Gasteiger partial charge in [0, 0.05) is 6.92 Å². The summed E-state index contributed by atoms with van der Waals surface area (Å²) in [6.07, 6.45) is -0.204. The summed E-state index contributed by atoms with van der Waals surface area (Å²) in [4.78, 5) is 10.9. The van der Waals surface area contributed by atoms with Gasteiger partial charge in [0.1, 0.15) is 6.10 Å². The molecule has 0 fully saturated rings. The van der Waals surface area contributed by atoms with Crippen molar-refractivity contribution in [3.8, 4) is 11.1 Å². The van der Waals surface area contributed by atoms with E-state index in [0.29, 0.717) is 0 Å². The van der Waals surface area contributed by atoms with Crippen molar-refractivity contribution >= 4 is 5.97 Å². The smallest absolute Gasteiger partial charge is 0.303 e. The summed E-state index contributed by atoms with van der Waals surface area (Å²) < 4.78 is 5.16. The average Bonchev–Trinajstić information content (AvgIpc) is 2.39. The van der Waals surface area contributed by atoms with E-state index in [4.69, 9.17) is 4.74 Å². The van der Waals surface area contributed by atoms with Crippen LogP contribution < -0.4 is 0 Å². The zero-order valence-corrected chi connectivity index (χ0v) is 11.5. The number of benzene rings is 2. The van der Waals surface area contributed by atoms with Gasteiger partial charge in [-0.05, 0) is 30.5 Å². The molecule has 2 aromatic carbocycles. The maximum Gasteiger partial charge on any atom is 0.303 e. The largest absolute Gasteiger partial charge is 0.458 e. The van der Waals surface area contributed by atoms with Crippen LogP contribution >= 0.6 is 0 Å². The first-order valence-electron chi connectivity index (χ1n) is 6.40. The highest BCUT2D eigenvalue weighted by atomic mass is 16.5. The van der Waals surface area contributed by atoms with E-state index >= 15 is 0 Å². The van der Waals surface area contributed by atoms with Crippen molar-refractivity contribution in [1.82, 2.24) is 0 Å². The Morgan fingerprint density at radius 1 is 0.947 bits per heavy atom. The van der Waals surface area contributed by atoms with Crippen LogP contribution in [0, 0.1) is 6.92 Å². The summed E-state index contributed by atoms with van der Waals surface area (Å²) in [5, 5.41) is 0. The van der Waals surface area contributed by atoms with Gasteiger partial charge < -0.3 is 4.74 Å². The van der Waals surface area contributed by atoms with E-state index in [1.807, 2.05) is 19.1 Å². The molecule has 0 amide bonds. The average molecular weight is 254 g/mol. The lowest BCUT2D eigenvalue weighted by atomic mass is 10.0. The lowest BCUT2D eigenvalue weighted by Crippen LogP contribution is -2.04. The first-order valence-corrected chi connectivity index (χ1v) is 6.40. The molecule has 0 aliphatic carbocycles. The number of esters is 1. The van der Waals surface area contributed by atoms with Gasteiger partial charge in [-0.15, -0.1) is 0 Å². The molecular formula is C17H18O2. The molecule has 2 aromatic rings. The van der Waals surface area contributed by atoms with Gasteiger partial charge in [-0.25, -0.2) is 0 Å². The minimum atomic E-state index is -0.255. The fourth-order valence-corrected chi connectivity index (χ4v) is 2.01. The highest BCUT2D eigenvalue weighted by Gasteiger charge is 2.08. The zero-order valence-electron chi connectivity index (χ0n) is 11.5. The van der Waals surface area contributed by atoms with Crippen LogP contribution in [0.5, 0.6) is 0 Å². The molecule has 0 aliphatic rings. The molecule has 2 nitrogen and oxygen atoms in total. The molecule has 1 unspecified atom stereocenters. The fourth-order valence-electron chi connectivity index (χ4n) is 2.01. The van der Waals surface area contributed by atoms with Crippen molar-refractivity contribution in [2.75, 3.05) is 0 Å². The van der Waals surface area contributed by atoms with Gasteiger partial charge in [-0.2, -0.15) is 0 Å². The van der Waals surface area contributed by atoms with Gasteiger partial charge in [0.15, 0.2) is 0 Å². The minimum absolute atomic E-state index is 0.204. The Balaban J connectivity index is 2.18. The van der Waals surface area contributed by atoms with Crippen LogP contribution in [0.4, 0.5) is 0 Å². The van der Waals surface area contributed by atoms with E-state index in [1.165, 1.54) is 23.6 Å². The number of carbonyl (C=O) groups is 1. The molecule has 0 radical (unpaired) electrons. The van der Waals surface area contributed by atoms with Crippen LogP contribution in [-0.4, -0.2) is 5.97 Å². The molecule has 0 N–H and O–H groups in total. The van der Waals surface area contributed by atoms with Gasteiger partial charge in [-0.1, -0.05) is 54.1 Å². The number of hydrogen-bond acceptors (Lipinski definition) is 2. The maximum absolute atomic E-state index is 10.9.